The number of hydrogen-bond donors (Lipinski definition) is 2. The Labute approximate surface area is 68.2 Å². The highest BCUT2D eigenvalue weighted by atomic mass is 16.3. The fraction of sp³-hybridized carbons (Fsp3) is 1.00. The quantitative estimate of drug-likeness (QED) is 0.590. The van der Waals surface area contributed by atoms with Crippen LogP contribution in [-0.4, -0.2) is 42.3 Å². The molecule has 1 aliphatic rings. The minimum atomic E-state index is 0.279. The summed E-state index contributed by atoms with van der Waals surface area (Å²) >= 11 is 0. The first-order chi connectivity index (χ1) is 5.29. The van der Waals surface area contributed by atoms with Crippen molar-refractivity contribution in [3.63, 3.8) is 0 Å². The molecule has 1 saturated heterocycles. The average molecular weight is 158 g/mol. The predicted molar refractivity (Wildman–Crippen MR) is 45.3 cm³/mol. The van der Waals surface area contributed by atoms with Crippen molar-refractivity contribution in [2.45, 2.75) is 19.4 Å². The van der Waals surface area contributed by atoms with Crippen molar-refractivity contribution < 1.29 is 5.11 Å². The largest absolute Gasteiger partial charge is 0.395 e. The average Bonchev–Trinajstić information content (AvgIpc) is 2.33. The third-order valence-corrected chi connectivity index (χ3v) is 2.60. The molecule has 2 atom stereocenters. The first-order valence-electron chi connectivity index (χ1n) is 4.34. The highest BCUT2D eigenvalue weighted by Gasteiger charge is 2.29. The monoisotopic (exact) mass is 158 g/mol. The summed E-state index contributed by atoms with van der Waals surface area (Å²) in [5.41, 5.74) is 5.45. The minimum absolute atomic E-state index is 0.279. The highest BCUT2D eigenvalue weighted by Crippen LogP contribution is 2.22. The third kappa shape index (κ3) is 1.92. The van der Waals surface area contributed by atoms with Crippen LogP contribution in [0, 0.1) is 5.92 Å². The van der Waals surface area contributed by atoms with Crippen molar-refractivity contribution in [2.75, 3.05) is 26.2 Å². The summed E-state index contributed by atoms with van der Waals surface area (Å²) < 4.78 is 0. The Morgan fingerprint density at radius 3 is 2.91 bits per heavy atom. The summed E-state index contributed by atoms with van der Waals surface area (Å²) in [6, 6.07) is 0.360. The van der Waals surface area contributed by atoms with Gasteiger partial charge in [0.05, 0.1) is 6.61 Å². The maximum absolute atomic E-state index is 9.05. The lowest BCUT2D eigenvalue weighted by atomic mass is 10.0. The van der Waals surface area contributed by atoms with Crippen LogP contribution in [0.25, 0.3) is 0 Å². The molecule has 0 aromatic heterocycles. The lowest BCUT2D eigenvalue weighted by molar-refractivity contribution is 0.142. The fourth-order valence-electron chi connectivity index (χ4n) is 1.83. The number of aliphatic hydroxyl groups is 1. The zero-order valence-corrected chi connectivity index (χ0v) is 7.16. The van der Waals surface area contributed by atoms with Gasteiger partial charge in [0.25, 0.3) is 0 Å². The molecule has 3 N–H and O–H groups in total. The van der Waals surface area contributed by atoms with Crippen LogP contribution in [0.4, 0.5) is 0 Å². The molecule has 0 radical (unpaired) electrons. The zero-order valence-electron chi connectivity index (χ0n) is 7.16. The number of likely N-dealkylation sites (tertiary alicyclic amines) is 1. The molecule has 1 fully saturated rings. The first kappa shape index (κ1) is 8.97. The molecule has 2 unspecified atom stereocenters. The molecule has 1 heterocycles. The summed E-state index contributed by atoms with van der Waals surface area (Å²) in [4.78, 5) is 2.28. The third-order valence-electron chi connectivity index (χ3n) is 2.60. The normalized spacial score (nSPS) is 33.0. The minimum Gasteiger partial charge on any atom is -0.395 e. The smallest absolute Gasteiger partial charge is 0.0589 e. The maximum Gasteiger partial charge on any atom is 0.0589 e. The molecule has 3 heteroatoms. The van der Waals surface area contributed by atoms with Gasteiger partial charge in [-0.05, 0) is 18.9 Å². The van der Waals surface area contributed by atoms with Crippen LogP contribution in [0.15, 0.2) is 0 Å². The summed E-state index contributed by atoms with van der Waals surface area (Å²) in [6.07, 6.45) is 1.20. The van der Waals surface area contributed by atoms with Crippen LogP contribution in [0.3, 0.4) is 0 Å². The molecular weight excluding hydrogens is 140 g/mol. The molecule has 0 aromatic rings. The Hall–Kier alpha value is -0.120. The lowest BCUT2D eigenvalue weighted by Crippen LogP contribution is -2.38. The summed E-state index contributed by atoms with van der Waals surface area (Å²) in [5, 5.41) is 9.05. The summed E-state index contributed by atoms with van der Waals surface area (Å²) in [7, 11) is 0. The molecule has 0 aliphatic carbocycles. The molecule has 0 saturated carbocycles. The number of rotatable bonds is 3. The zero-order chi connectivity index (χ0) is 8.27. The topological polar surface area (TPSA) is 49.5 Å². The van der Waals surface area contributed by atoms with Gasteiger partial charge in [-0.3, -0.25) is 4.90 Å². The van der Waals surface area contributed by atoms with Gasteiger partial charge in [0.15, 0.2) is 0 Å². The van der Waals surface area contributed by atoms with Gasteiger partial charge in [0, 0.05) is 19.1 Å². The number of nitrogens with zero attached hydrogens (tertiary/aromatic N) is 1. The van der Waals surface area contributed by atoms with Crippen molar-refractivity contribution in [1.29, 1.82) is 0 Å². The Morgan fingerprint density at radius 1 is 1.64 bits per heavy atom. The van der Waals surface area contributed by atoms with E-state index in [0.717, 1.165) is 13.1 Å². The van der Waals surface area contributed by atoms with Crippen LogP contribution in [0.2, 0.25) is 0 Å². The van der Waals surface area contributed by atoms with Crippen molar-refractivity contribution >= 4 is 0 Å². The van der Waals surface area contributed by atoms with Gasteiger partial charge >= 0.3 is 0 Å². The van der Waals surface area contributed by atoms with Gasteiger partial charge in [-0.2, -0.15) is 0 Å². The van der Waals surface area contributed by atoms with E-state index in [1.807, 2.05) is 0 Å². The molecule has 1 aliphatic heterocycles. The molecule has 66 valence electrons. The van der Waals surface area contributed by atoms with Gasteiger partial charge in [-0.15, -0.1) is 0 Å². The number of nitrogens with two attached hydrogens (primary N) is 1. The molecule has 1 rings (SSSR count). The predicted octanol–water partition coefficient (Wildman–Crippen LogP) is -0.352. The maximum atomic E-state index is 9.05. The fourth-order valence-corrected chi connectivity index (χ4v) is 1.83. The molecule has 0 spiro atoms. The van der Waals surface area contributed by atoms with E-state index in [9.17, 15) is 0 Å². The van der Waals surface area contributed by atoms with Crippen molar-refractivity contribution in [2.24, 2.45) is 11.7 Å². The lowest BCUT2D eigenvalue weighted by Gasteiger charge is -2.23. The molecule has 0 amide bonds. The van der Waals surface area contributed by atoms with E-state index >= 15 is 0 Å². The Morgan fingerprint density at radius 2 is 2.36 bits per heavy atom. The molecule has 3 nitrogen and oxygen atoms in total. The van der Waals surface area contributed by atoms with Crippen molar-refractivity contribution in [3.8, 4) is 0 Å². The van der Waals surface area contributed by atoms with Crippen LogP contribution in [0.5, 0.6) is 0 Å². The first-order valence-corrected chi connectivity index (χ1v) is 4.34. The summed E-state index contributed by atoms with van der Waals surface area (Å²) in [6.45, 7) is 5.20. The number of aliphatic hydroxyl groups excluding tert-OH is 1. The second-order valence-corrected chi connectivity index (χ2v) is 3.34. The Bertz CT molecular complexity index is 117. The number of hydrogen-bond acceptors (Lipinski definition) is 3. The van der Waals surface area contributed by atoms with E-state index in [1.165, 1.54) is 6.42 Å². The second-order valence-electron chi connectivity index (χ2n) is 3.34. The van der Waals surface area contributed by atoms with E-state index < -0.39 is 0 Å². The molecule has 0 aromatic carbocycles. The van der Waals surface area contributed by atoms with Gasteiger partial charge in [0.2, 0.25) is 0 Å². The Kier molecular flexibility index (Phi) is 3.30. The molecular formula is C8H18N2O. The van der Waals surface area contributed by atoms with E-state index in [0.29, 0.717) is 18.5 Å². The van der Waals surface area contributed by atoms with E-state index in [1.54, 1.807) is 0 Å². The SMILES string of the molecule is CC1CCN(CCN)C1CO. The van der Waals surface area contributed by atoms with Gasteiger partial charge in [-0.25, -0.2) is 0 Å². The summed E-state index contributed by atoms with van der Waals surface area (Å²) in [5.74, 6) is 0.631. The van der Waals surface area contributed by atoms with Gasteiger partial charge in [-0.1, -0.05) is 6.92 Å². The van der Waals surface area contributed by atoms with Crippen LogP contribution < -0.4 is 5.73 Å². The van der Waals surface area contributed by atoms with E-state index in [2.05, 4.69) is 11.8 Å². The molecule has 0 bridgehead atoms. The van der Waals surface area contributed by atoms with Gasteiger partial charge in [0.1, 0.15) is 0 Å². The standard InChI is InChI=1S/C8H18N2O/c1-7-2-4-10(5-3-9)8(7)6-11/h7-8,11H,2-6,9H2,1H3. The second kappa shape index (κ2) is 4.04. The molecule has 11 heavy (non-hydrogen) atoms. The Balaban J connectivity index is 2.40. The van der Waals surface area contributed by atoms with Crippen molar-refractivity contribution in [3.05, 3.63) is 0 Å². The van der Waals surface area contributed by atoms with E-state index in [4.69, 9.17) is 10.8 Å². The van der Waals surface area contributed by atoms with E-state index in [-0.39, 0.29) is 6.61 Å². The van der Waals surface area contributed by atoms with Crippen LogP contribution in [-0.2, 0) is 0 Å². The van der Waals surface area contributed by atoms with Gasteiger partial charge < -0.3 is 10.8 Å². The van der Waals surface area contributed by atoms with Crippen LogP contribution in [0.1, 0.15) is 13.3 Å². The van der Waals surface area contributed by atoms with Crippen LogP contribution >= 0.6 is 0 Å². The highest BCUT2D eigenvalue weighted by molar-refractivity contribution is 4.83. The van der Waals surface area contributed by atoms with Crippen molar-refractivity contribution in [1.82, 2.24) is 4.90 Å².